The summed E-state index contributed by atoms with van der Waals surface area (Å²) in [5.74, 6) is 0.516. The summed E-state index contributed by atoms with van der Waals surface area (Å²) in [6, 6.07) is -0.341. The summed E-state index contributed by atoms with van der Waals surface area (Å²) in [7, 11) is -3.21. The molecule has 5 heteroatoms. The van der Waals surface area contributed by atoms with E-state index in [1.807, 2.05) is 20.8 Å². The normalized spacial score (nSPS) is 14.6. The third-order valence-electron chi connectivity index (χ3n) is 2.02. The van der Waals surface area contributed by atoms with Crippen LogP contribution in [0.15, 0.2) is 0 Å². The molecule has 0 saturated heterocycles. The lowest BCUT2D eigenvalue weighted by molar-refractivity contribution is 0.253. The number of aliphatic hydroxyl groups is 1. The Kier molecular flexibility index (Phi) is 6.31. The van der Waals surface area contributed by atoms with Crippen molar-refractivity contribution >= 4 is 10.0 Å². The molecule has 0 heterocycles. The molecule has 0 aromatic rings. The summed E-state index contributed by atoms with van der Waals surface area (Å²) in [4.78, 5) is 0. The van der Waals surface area contributed by atoms with Gasteiger partial charge in [0.1, 0.15) is 0 Å². The fourth-order valence-corrected chi connectivity index (χ4v) is 2.60. The molecule has 0 aromatic carbocycles. The van der Waals surface area contributed by atoms with Crippen LogP contribution in [-0.2, 0) is 10.0 Å². The molecular weight excluding hydrogens is 202 g/mol. The van der Waals surface area contributed by atoms with Crippen molar-refractivity contribution in [2.24, 2.45) is 5.92 Å². The molecule has 0 amide bonds. The number of nitrogens with one attached hydrogen (secondary N) is 1. The van der Waals surface area contributed by atoms with Crippen molar-refractivity contribution in [3.05, 3.63) is 0 Å². The maximum atomic E-state index is 11.4. The van der Waals surface area contributed by atoms with Gasteiger partial charge < -0.3 is 5.11 Å². The molecule has 86 valence electrons. The van der Waals surface area contributed by atoms with Crippen molar-refractivity contribution in [3.63, 3.8) is 0 Å². The minimum absolute atomic E-state index is 0.140. The predicted octanol–water partition coefficient (Wildman–Crippen LogP) is 0.723. The number of rotatable bonds is 7. The van der Waals surface area contributed by atoms with Crippen LogP contribution >= 0.6 is 0 Å². The number of hydrogen-bond acceptors (Lipinski definition) is 3. The second-order valence-electron chi connectivity index (χ2n) is 3.91. The number of sulfonamides is 1. The average molecular weight is 223 g/mol. The SMILES string of the molecule is CCC(CO)NS(=O)(=O)CCC(C)C. The Hall–Kier alpha value is -0.130. The minimum Gasteiger partial charge on any atom is -0.395 e. The summed E-state index contributed by atoms with van der Waals surface area (Å²) >= 11 is 0. The van der Waals surface area contributed by atoms with Crippen molar-refractivity contribution in [2.45, 2.75) is 39.7 Å². The van der Waals surface area contributed by atoms with Crippen molar-refractivity contribution in [1.82, 2.24) is 4.72 Å². The highest BCUT2D eigenvalue weighted by atomic mass is 32.2. The lowest BCUT2D eigenvalue weighted by atomic mass is 10.2. The first-order valence-corrected chi connectivity index (χ1v) is 6.67. The Labute approximate surface area is 86.8 Å². The van der Waals surface area contributed by atoms with Crippen LogP contribution in [0.25, 0.3) is 0 Å². The summed E-state index contributed by atoms with van der Waals surface area (Å²) < 4.78 is 25.4. The first kappa shape index (κ1) is 13.9. The maximum Gasteiger partial charge on any atom is 0.211 e. The van der Waals surface area contributed by atoms with Crippen LogP contribution in [0.1, 0.15) is 33.6 Å². The summed E-state index contributed by atoms with van der Waals surface area (Å²) in [6.07, 6.45) is 1.26. The molecule has 0 fully saturated rings. The van der Waals surface area contributed by atoms with Crippen LogP contribution in [0.2, 0.25) is 0 Å². The monoisotopic (exact) mass is 223 g/mol. The molecule has 0 rings (SSSR count). The van der Waals surface area contributed by atoms with E-state index in [0.29, 0.717) is 18.8 Å². The lowest BCUT2D eigenvalue weighted by Gasteiger charge is -2.14. The zero-order chi connectivity index (χ0) is 11.2. The zero-order valence-electron chi connectivity index (χ0n) is 9.16. The van der Waals surface area contributed by atoms with Crippen LogP contribution < -0.4 is 4.72 Å². The molecule has 0 aliphatic rings. The zero-order valence-corrected chi connectivity index (χ0v) is 9.97. The van der Waals surface area contributed by atoms with Crippen LogP contribution in [0.3, 0.4) is 0 Å². The molecule has 0 radical (unpaired) electrons. The largest absolute Gasteiger partial charge is 0.395 e. The molecule has 1 unspecified atom stereocenters. The van der Waals surface area contributed by atoms with E-state index < -0.39 is 10.0 Å². The Morgan fingerprint density at radius 3 is 2.29 bits per heavy atom. The summed E-state index contributed by atoms with van der Waals surface area (Å²) in [5.41, 5.74) is 0. The molecule has 1 atom stereocenters. The molecule has 4 nitrogen and oxygen atoms in total. The van der Waals surface area contributed by atoms with Gasteiger partial charge in [-0.25, -0.2) is 13.1 Å². The van der Waals surface area contributed by atoms with Crippen LogP contribution in [-0.4, -0.2) is 31.9 Å². The molecule has 0 aliphatic carbocycles. The van der Waals surface area contributed by atoms with Gasteiger partial charge in [-0.3, -0.25) is 0 Å². The van der Waals surface area contributed by atoms with Gasteiger partial charge in [0.05, 0.1) is 12.4 Å². The maximum absolute atomic E-state index is 11.4. The van der Waals surface area contributed by atoms with Gasteiger partial charge in [-0.2, -0.15) is 0 Å². The van der Waals surface area contributed by atoms with Gasteiger partial charge in [0.2, 0.25) is 10.0 Å². The molecule has 0 spiro atoms. The third-order valence-corrected chi connectivity index (χ3v) is 3.49. The van der Waals surface area contributed by atoms with Gasteiger partial charge in [0, 0.05) is 6.04 Å². The molecule has 0 bridgehead atoms. The average Bonchev–Trinajstić information content (AvgIpc) is 2.11. The molecule has 0 aliphatic heterocycles. The smallest absolute Gasteiger partial charge is 0.211 e. The van der Waals surface area contributed by atoms with Crippen molar-refractivity contribution in [1.29, 1.82) is 0 Å². The van der Waals surface area contributed by atoms with E-state index in [-0.39, 0.29) is 18.4 Å². The standard InChI is InChI=1S/C9H21NO3S/c1-4-9(7-11)10-14(12,13)6-5-8(2)3/h8-11H,4-7H2,1-3H3. The first-order chi connectivity index (χ1) is 6.41. The second-order valence-corrected chi connectivity index (χ2v) is 5.78. The van der Waals surface area contributed by atoms with Crippen molar-refractivity contribution in [2.75, 3.05) is 12.4 Å². The predicted molar refractivity (Wildman–Crippen MR) is 57.5 cm³/mol. The highest BCUT2D eigenvalue weighted by Gasteiger charge is 2.15. The fourth-order valence-electron chi connectivity index (χ4n) is 0.953. The number of aliphatic hydroxyl groups excluding tert-OH is 1. The number of hydrogen-bond donors (Lipinski definition) is 2. The minimum atomic E-state index is -3.21. The van der Waals surface area contributed by atoms with Gasteiger partial charge in [0.25, 0.3) is 0 Å². The first-order valence-electron chi connectivity index (χ1n) is 5.02. The van der Waals surface area contributed by atoms with Gasteiger partial charge in [0.15, 0.2) is 0 Å². The topological polar surface area (TPSA) is 66.4 Å². The van der Waals surface area contributed by atoms with Crippen molar-refractivity contribution < 1.29 is 13.5 Å². The van der Waals surface area contributed by atoms with E-state index in [1.54, 1.807) is 0 Å². The van der Waals surface area contributed by atoms with Crippen LogP contribution in [0.4, 0.5) is 0 Å². The molecule has 0 saturated carbocycles. The van der Waals surface area contributed by atoms with Gasteiger partial charge in [-0.1, -0.05) is 20.8 Å². The Morgan fingerprint density at radius 2 is 1.93 bits per heavy atom. The van der Waals surface area contributed by atoms with E-state index in [2.05, 4.69) is 4.72 Å². The Bertz CT molecular complexity index is 232. The summed E-state index contributed by atoms with van der Waals surface area (Å²) in [6.45, 7) is 5.67. The van der Waals surface area contributed by atoms with Crippen molar-refractivity contribution in [3.8, 4) is 0 Å². The van der Waals surface area contributed by atoms with E-state index >= 15 is 0 Å². The molecule has 2 N–H and O–H groups in total. The Balaban J connectivity index is 4.06. The van der Waals surface area contributed by atoms with E-state index in [0.717, 1.165) is 0 Å². The highest BCUT2D eigenvalue weighted by Crippen LogP contribution is 2.03. The summed E-state index contributed by atoms with van der Waals surface area (Å²) in [5, 5.41) is 8.84. The fraction of sp³-hybridized carbons (Fsp3) is 1.00. The highest BCUT2D eigenvalue weighted by molar-refractivity contribution is 7.89. The Morgan fingerprint density at radius 1 is 1.36 bits per heavy atom. The molecule has 14 heavy (non-hydrogen) atoms. The van der Waals surface area contributed by atoms with E-state index in [4.69, 9.17) is 5.11 Å². The molecular formula is C9H21NO3S. The van der Waals surface area contributed by atoms with Gasteiger partial charge >= 0.3 is 0 Å². The van der Waals surface area contributed by atoms with Crippen LogP contribution in [0, 0.1) is 5.92 Å². The van der Waals surface area contributed by atoms with E-state index in [9.17, 15) is 8.42 Å². The molecule has 0 aromatic heterocycles. The van der Waals surface area contributed by atoms with Gasteiger partial charge in [-0.05, 0) is 18.8 Å². The lowest BCUT2D eigenvalue weighted by Crippen LogP contribution is -2.38. The second kappa shape index (κ2) is 6.37. The quantitative estimate of drug-likeness (QED) is 0.668. The van der Waals surface area contributed by atoms with E-state index in [1.165, 1.54) is 0 Å². The van der Waals surface area contributed by atoms with Gasteiger partial charge in [-0.15, -0.1) is 0 Å². The third kappa shape index (κ3) is 6.34. The van der Waals surface area contributed by atoms with Crippen LogP contribution in [0.5, 0.6) is 0 Å².